The van der Waals surface area contributed by atoms with Crippen molar-refractivity contribution in [1.29, 1.82) is 0 Å². The third-order valence-corrected chi connectivity index (χ3v) is 3.33. The second-order valence-electron chi connectivity index (χ2n) is 5.24. The highest BCUT2D eigenvalue weighted by molar-refractivity contribution is 5.92. The molecule has 5 heteroatoms. The van der Waals surface area contributed by atoms with Gasteiger partial charge < -0.3 is 20.1 Å². The summed E-state index contributed by atoms with van der Waals surface area (Å²) in [6, 6.07) is 16.8. The number of nitrogens with one attached hydrogen (secondary N) is 1. The number of benzene rings is 2. The van der Waals surface area contributed by atoms with E-state index in [-0.39, 0.29) is 12.5 Å². The fourth-order valence-electron chi connectivity index (χ4n) is 2.06. The van der Waals surface area contributed by atoms with Gasteiger partial charge in [0, 0.05) is 19.5 Å². The summed E-state index contributed by atoms with van der Waals surface area (Å²) in [7, 11) is 1.87. The van der Waals surface area contributed by atoms with Crippen molar-refractivity contribution < 1.29 is 14.6 Å². The molecular weight excluding hydrogens is 292 g/mol. The third-order valence-electron chi connectivity index (χ3n) is 3.33. The maximum absolute atomic E-state index is 12.1. The van der Waals surface area contributed by atoms with Gasteiger partial charge in [0.15, 0.2) is 5.75 Å². The van der Waals surface area contributed by atoms with Gasteiger partial charge in [0.2, 0.25) is 5.91 Å². The van der Waals surface area contributed by atoms with E-state index in [9.17, 15) is 4.79 Å². The molecule has 0 bridgehead atoms. The van der Waals surface area contributed by atoms with Crippen LogP contribution >= 0.6 is 0 Å². The molecule has 0 spiro atoms. The number of anilines is 1. The number of amides is 1. The van der Waals surface area contributed by atoms with Crippen LogP contribution in [0.2, 0.25) is 0 Å². The summed E-state index contributed by atoms with van der Waals surface area (Å²) in [4.78, 5) is 14.0. The van der Waals surface area contributed by atoms with E-state index in [2.05, 4.69) is 5.32 Å². The SMILES string of the molecule is CN(CCO)CCC(=O)Nc1ccccc1Oc1ccccc1. The van der Waals surface area contributed by atoms with Crippen LogP contribution in [0, 0.1) is 0 Å². The van der Waals surface area contributed by atoms with E-state index in [4.69, 9.17) is 9.84 Å². The van der Waals surface area contributed by atoms with Crippen LogP contribution < -0.4 is 10.1 Å². The van der Waals surface area contributed by atoms with Gasteiger partial charge in [-0.3, -0.25) is 4.79 Å². The van der Waals surface area contributed by atoms with Crippen molar-refractivity contribution in [2.24, 2.45) is 0 Å². The number of para-hydroxylation sites is 3. The first-order chi connectivity index (χ1) is 11.2. The molecule has 23 heavy (non-hydrogen) atoms. The molecule has 0 aliphatic carbocycles. The Hall–Kier alpha value is -2.37. The van der Waals surface area contributed by atoms with E-state index in [1.165, 1.54) is 0 Å². The molecule has 2 rings (SSSR count). The first kappa shape index (κ1) is 17.0. The standard InChI is InChI=1S/C18H22N2O3/c1-20(13-14-21)12-11-18(22)19-16-9-5-6-10-17(16)23-15-7-3-2-4-8-15/h2-10,21H,11-14H2,1H3,(H,19,22). The number of hydrogen-bond donors (Lipinski definition) is 2. The molecule has 5 nitrogen and oxygen atoms in total. The molecule has 0 unspecified atom stereocenters. The zero-order chi connectivity index (χ0) is 16.5. The number of rotatable bonds is 8. The number of ether oxygens (including phenoxy) is 1. The van der Waals surface area contributed by atoms with Crippen LogP contribution in [0.3, 0.4) is 0 Å². The van der Waals surface area contributed by atoms with Gasteiger partial charge in [0.05, 0.1) is 12.3 Å². The summed E-state index contributed by atoms with van der Waals surface area (Å²) in [5.41, 5.74) is 0.645. The highest BCUT2D eigenvalue weighted by atomic mass is 16.5. The van der Waals surface area contributed by atoms with Gasteiger partial charge >= 0.3 is 0 Å². The fraction of sp³-hybridized carbons (Fsp3) is 0.278. The lowest BCUT2D eigenvalue weighted by Crippen LogP contribution is -2.26. The van der Waals surface area contributed by atoms with Crippen LogP contribution in [-0.4, -0.2) is 42.7 Å². The van der Waals surface area contributed by atoms with Gasteiger partial charge in [0.25, 0.3) is 0 Å². The van der Waals surface area contributed by atoms with Crippen LogP contribution in [-0.2, 0) is 4.79 Å². The Morgan fingerprint density at radius 1 is 1.09 bits per heavy atom. The summed E-state index contributed by atoms with van der Waals surface area (Å²) in [6.45, 7) is 1.24. The largest absolute Gasteiger partial charge is 0.455 e. The molecule has 2 aromatic rings. The summed E-state index contributed by atoms with van der Waals surface area (Å²) in [5, 5.41) is 11.7. The molecule has 122 valence electrons. The van der Waals surface area contributed by atoms with Crippen molar-refractivity contribution >= 4 is 11.6 Å². The molecule has 0 aliphatic heterocycles. The Morgan fingerprint density at radius 3 is 2.52 bits per heavy atom. The van der Waals surface area contributed by atoms with E-state index in [1.54, 1.807) is 0 Å². The Bertz CT molecular complexity index is 617. The van der Waals surface area contributed by atoms with Crippen LogP contribution in [0.15, 0.2) is 54.6 Å². The van der Waals surface area contributed by atoms with Crippen LogP contribution in [0.25, 0.3) is 0 Å². The quantitative estimate of drug-likeness (QED) is 0.786. The average Bonchev–Trinajstić information content (AvgIpc) is 2.56. The van der Waals surface area contributed by atoms with E-state index in [0.717, 1.165) is 5.75 Å². The Morgan fingerprint density at radius 2 is 1.78 bits per heavy atom. The molecule has 0 radical (unpaired) electrons. The lowest BCUT2D eigenvalue weighted by atomic mass is 10.2. The molecule has 0 aromatic heterocycles. The third kappa shape index (κ3) is 5.73. The van der Waals surface area contributed by atoms with Crippen molar-refractivity contribution in [3.63, 3.8) is 0 Å². The lowest BCUT2D eigenvalue weighted by Gasteiger charge is -2.15. The fourth-order valence-corrected chi connectivity index (χ4v) is 2.06. The van der Waals surface area contributed by atoms with Gasteiger partial charge in [-0.15, -0.1) is 0 Å². The normalized spacial score (nSPS) is 10.6. The number of likely N-dealkylation sites (N-methyl/N-ethyl adjacent to an activating group) is 1. The molecule has 2 N–H and O–H groups in total. The van der Waals surface area contributed by atoms with Crippen molar-refractivity contribution in [3.05, 3.63) is 54.6 Å². The Kier molecular flexibility index (Phi) is 6.59. The predicted molar refractivity (Wildman–Crippen MR) is 90.8 cm³/mol. The first-order valence-corrected chi connectivity index (χ1v) is 7.60. The van der Waals surface area contributed by atoms with Crippen LogP contribution in [0.5, 0.6) is 11.5 Å². The van der Waals surface area contributed by atoms with E-state index in [0.29, 0.717) is 30.9 Å². The molecule has 0 saturated carbocycles. The Labute approximate surface area is 136 Å². The number of carbonyl (C=O) groups excluding carboxylic acids is 1. The molecular formula is C18H22N2O3. The zero-order valence-corrected chi connectivity index (χ0v) is 13.2. The minimum atomic E-state index is -0.0844. The van der Waals surface area contributed by atoms with Crippen LogP contribution in [0.4, 0.5) is 5.69 Å². The summed E-state index contributed by atoms with van der Waals surface area (Å²) < 4.78 is 5.82. The van der Waals surface area contributed by atoms with E-state index < -0.39 is 0 Å². The van der Waals surface area contributed by atoms with Crippen molar-refractivity contribution in [2.75, 3.05) is 32.1 Å². The van der Waals surface area contributed by atoms with Gasteiger partial charge in [-0.25, -0.2) is 0 Å². The molecule has 2 aromatic carbocycles. The van der Waals surface area contributed by atoms with Crippen LogP contribution in [0.1, 0.15) is 6.42 Å². The monoisotopic (exact) mass is 314 g/mol. The number of aliphatic hydroxyl groups excluding tert-OH is 1. The molecule has 0 heterocycles. The number of hydrogen-bond acceptors (Lipinski definition) is 4. The topological polar surface area (TPSA) is 61.8 Å². The van der Waals surface area contributed by atoms with Crippen molar-refractivity contribution in [3.8, 4) is 11.5 Å². The maximum Gasteiger partial charge on any atom is 0.225 e. The zero-order valence-electron chi connectivity index (χ0n) is 13.2. The minimum absolute atomic E-state index is 0.0844. The molecule has 1 amide bonds. The van der Waals surface area contributed by atoms with E-state index >= 15 is 0 Å². The van der Waals surface area contributed by atoms with Gasteiger partial charge in [-0.2, -0.15) is 0 Å². The predicted octanol–water partition coefficient (Wildman–Crippen LogP) is 2.73. The second kappa shape index (κ2) is 8.92. The van der Waals surface area contributed by atoms with Gasteiger partial charge in [-0.05, 0) is 31.3 Å². The molecule has 0 saturated heterocycles. The van der Waals surface area contributed by atoms with E-state index in [1.807, 2.05) is 66.5 Å². The number of aliphatic hydroxyl groups is 1. The summed E-state index contributed by atoms with van der Waals surface area (Å²) in [5.74, 6) is 1.24. The summed E-state index contributed by atoms with van der Waals surface area (Å²) in [6.07, 6.45) is 0.357. The highest BCUT2D eigenvalue weighted by Crippen LogP contribution is 2.29. The van der Waals surface area contributed by atoms with Crippen molar-refractivity contribution in [2.45, 2.75) is 6.42 Å². The lowest BCUT2D eigenvalue weighted by molar-refractivity contribution is -0.116. The van der Waals surface area contributed by atoms with Gasteiger partial charge in [0.1, 0.15) is 5.75 Å². The van der Waals surface area contributed by atoms with Gasteiger partial charge in [-0.1, -0.05) is 30.3 Å². The first-order valence-electron chi connectivity index (χ1n) is 7.60. The maximum atomic E-state index is 12.1. The molecule has 0 aliphatic rings. The molecule has 0 fully saturated rings. The number of carbonyl (C=O) groups is 1. The summed E-state index contributed by atoms with van der Waals surface area (Å²) >= 11 is 0. The average molecular weight is 314 g/mol. The molecule has 0 atom stereocenters. The second-order valence-corrected chi connectivity index (χ2v) is 5.24. The number of nitrogens with zero attached hydrogens (tertiary/aromatic N) is 1. The smallest absolute Gasteiger partial charge is 0.225 e. The highest BCUT2D eigenvalue weighted by Gasteiger charge is 2.09. The minimum Gasteiger partial charge on any atom is -0.455 e. The Balaban J connectivity index is 1.96. The van der Waals surface area contributed by atoms with Crippen molar-refractivity contribution in [1.82, 2.24) is 4.90 Å².